The molecule has 0 N–H and O–H groups in total. The highest BCUT2D eigenvalue weighted by Gasteiger charge is 2.54. The summed E-state index contributed by atoms with van der Waals surface area (Å²) < 4.78 is 17.8. The fourth-order valence-corrected chi connectivity index (χ4v) is 3.17. The molecule has 1 spiro atoms. The summed E-state index contributed by atoms with van der Waals surface area (Å²) in [6, 6.07) is 10.9. The van der Waals surface area contributed by atoms with Crippen molar-refractivity contribution < 1.29 is 19.0 Å². The smallest absolute Gasteiger partial charge is 0.320 e. The molecule has 0 saturated carbocycles. The van der Waals surface area contributed by atoms with Gasteiger partial charge in [-0.3, -0.25) is 4.79 Å². The van der Waals surface area contributed by atoms with Crippen LogP contribution in [0.25, 0.3) is 0 Å². The summed E-state index contributed by atoms with van der Waals surface area (Å²) in [6.45, 7) is 0. The van der Waals surface area contributed by atoms with Gasteiger partial charge in [-0.1, -0.05) is 15.9 Å². The van der Waals surface area contributed by atoms with Crippen LogP contribution in [0.2, 0.25) is 0 Å². The number of benzene rings is 2. The molecule has 0 fully saturated rings. The molecule has 21 heavy (non-hydrogen) atoms. The minimum atomic E-state index is -1.27. The number of ketones is 1. The molecule has 0 saturated heterocycles. The monoisotopic (exact) mass is 346 g/mol. The van der Waals surface area contributed by atoms with E-state index in [9.17, 15) is 4.79 Å². The molecule has 2 aromatic rings. The molecule has 0 aromatic heterocycles. The summed E-state index contributed by atoms with van der Waals surface area (Å²) in [6.07, 6.45) is 0.400. The number of fused-ring (bicyclic) bond motifs is 2. The first-order valence-corrected chi connectivity index (χ1v) is 7.30. The Morgan fingerprint density at radius 1 is 1.14 bits per heavy atom. The van der Waals surface area contributed by atoms with E-state index in [-0.39, 0.29) is 5.78 Å². The van der Waals surface area contributed by atoms with Crippen molar-refractivity contribution >= 4 is 21.7 Å². The van der Waals surface area contributed by atoms with E-state index in [2.05, 4.69) is 15.9 Å². The normalized spacial score (nSPS) is 21.7. The van der Waals surface area contributed by atoms with Crippen molar-refractivity contribution in [1.29, 1.82) is 0 Å². The second kappa shape index (κ2) is 4.24. The first-order valence-electron chi connectivity index (χ1n) is 6.51. The number of hydrogen-bond acceptors (Lipinski definition) is 4. The SMILES string of the molecule is COc1ccc2c(c1)C(=O)C1(Cc3cc(Br)ccc3O1)O2. The van der Waals surface area contributed by atoms with Crippen LogP contribution in [0, 0.1) is 0 Å². The van der Waals surface area contributed by atoms with Crippen LogP contribution in [-0.4, -0.2) is 18.7 Å². The Morgan fingerprint density at radius 2 is 1.90 bits per heavy atom. The zero-order valence-corrected chi connectivity index (χ0v) is 12.8. The highest BCUT2D eigenvalue weighted by Crippen LogP contribution is 2.45. The zero-order chi connectivity index (χ0) is 14.6. The largest absolute Gasteiger partial charge is 0.497 e. The average molecular weight is 347 g/mol. The van der Waals surface area contributed by atoms with Crippen LogP contribution < -0.4 is 14.2 Å². The molecule has 2 aliphatic rings. The van der Waals surface area contributed by atoms with Gasteiger partial charge in [0, 0.05) is 10.0 Å². The molecule has 1 unspecified atom stereocenters. The maximum absolute atomic E-state index is 12.7. The first kappa shape index (κ1) is 12.7. The van der Waals surface area contributed by atoms with E-state index >= 15 is 0 Å². The van der Waals surface area contributed by atoms with E-state index < -0.39 is 5.79 Å². The highest BCUT2D eigenvalue weighted by molar-refractivity contribution is 9.10. The van der Waals surface area contributed by atoms with Gasteiger partial charge in [0.25, 0.3) is 5.78 Å². The molecular weight excluding hydrogens is 336 g/mol. The Kier molecular flexibility index (Phi) is 2.57. The van der Waals surface area contributed by atoms with Crippen molar-refractivity contribution in [2.45, 2.75) is 12.2 Å². The first-order chi connectivity index (χ1) is 10.1. The van der Waals surface area contributed by atoms with E-state index in [0.29, 0.717) is 29.2 Å². The van der Waals surface area contributed by atoms with Crippen LogP contribution in [0.4, 0.5) is 0 Å². The second-order valence-electron chi connectivity index (χ2n) is 5.08. The highest BCUT2D eigenvalue weighted by atomic mass is 79.9. The second-order valence-corrected chi connectivity index (χ2v) is 5.99. The third-order valence-corrected chi connectivity index (χ3v) is 4.27. The van der Waals surface area contributed by atoms with Crippen LogP contribution in [0.1, 0.15) is 15.9 Å². The molecule has 4 nitrogen and oxygen atoms in total. The molecule has 0 aliphatic carbocycles. The van der Waals surface area contributed by atoms with Gasteiger partial charge < -0.3 is 14.2 Å². The Balaban J connectivity index is 1.75. The maximum Gasteiger partial charge on any atom is 0.320 e. The van der Waals surface area contributed by atoms with Crippen LogP contribution in [0.3, 0.4) is 0 Å². The summed E-state index contributed by atoms with van der Waals surface area (Å²) in [7, 11) is 1.57. The van der Waals surface area contributed by atoms with Crippen LogP contribution >= 0.6 is 15.9 Å². The van der Waals surface area contributed by atoms with Crippen molar-refractivity contribution in [2.75, 3.05) is 7.11 Å². The molecule has 2 aliphatic heterocycles. The molecule has 0 bridgehead atoms. The summed E-state index contributed by atoms with van der Waals surface area (Å²) in [5.41, 5.74) is 1.46. The summed E-state index contributed by atoms with van der Waals surface area (Å²) in [4.78, 5) is 12.7. The topological polar surface area (TPSA) is 44.8 Å². The van der Waals surface area contributed by atoms with Gasteiger partial charge in [0.2, 0.25) is 0 Å². The molecule has 2 aromatic carbocycles. The van der Waals surface area contributed by atoms with Crippen LogP contribution in [0.15, 0.2) is 40.9 Å². The Bertz CT molecular complexity index is 771. The molecule has 4 rings (SSSR count). The van der Waals surface area contributed by atoms with Crippen molar-refractivity contribution in [3.8, 4) is 17.2 Å². The lowest BCUT2D eigenvalue weighted by molar-refractivity contribution is -0.0531. The molecule has 0 radical (unpaired) electrons. The molecule has 106 valence electrons. The minimum Gasteiger partial charge on any atom is -0.497 e. The van der Waals surface area contributed by atoms with E-state index in [1.807, 2.05) is 18.2 Å². The molecule has 5 heteroatoms. The standard InChI is InChI=1S/C16H11BrO4/c1-19-11-3-5-14-12(7-11)15(18)16(21-14)8-9-6-10(17)2-4-13(9)20-16/h2-7H,8H2,1H3. The minimum absolute atomic E-state index is 0.163. The predicted octanol–water partition coefficient (Wildman–Crippen LogP) is 3.36. The lowest BCUT2D eigenvalue weighted by Gasteiger charge is -2.20. The van der Waals surface area contributed by atoms with E-state index in [4.69, 9.17) is 14.2 Å². The van der Waals surface area contributed by atoms with Gasteiger partial charge >= 0.3 is 5.79 Å². The number of halogens is 1. The summed E-state index contributed by atoms with van der Waals surface area (Å²) >= 11 is 3.43. The molecular formula is C16H11BrO4. The summed E-state index contributed by atoms with van der Waals surface area (Å²) in [5, 5.41) is 0. The predicted molar refractivity (Wildman–Crippen MR) is 79.2 cm³/mol. The number of rotatable bonds is 1. The van der Waals surface area contributed by atoms with Crippen LogP contribution in [-0.2, 0) is 6.42 Å². The van der Waals surface area contributed by atoms with Gasteiger partial charge in [0.15, 0.2) is 0 Å². The Hall–Kier alpha value is -2.01. The van der Waals surface area contributed by atoms with Gasteiger partial charge in [0.05, 0.1) is 19.1 Å². The zero-order valence-electron chi connectivity index (χ0n) is 11.2. The van der Waals surface area contributed by atoms with E-state index in [1.54, 1.807) is 25.3 Å². The van der Waals surface area contributed by atoms with Gasteiger partial charge in [0.1, 0.15) is 17.2 Å². The quantitative estimate of drug-likeness (QED) is 0.794. The number of ether oxygens (including phenoxy) is 3. The van der Waals surface area contributed by atoms with Crippen molar-refractivity contribution in [3.63, 3.8) is 0 Å². The van der Waals surface area contributed by atoms with Gasteiger partial charge in [-0.2, -0.15) is 0 Å². The van der Waals surface area contributed by atoms with Crippen LogP contribution in [0.5, 0.6) is 17.2 Å². The van der Waals surface area contributed by atoms with Crippen molar-refractivity contribution in [3.05, 3.63) is 52.0 Å². The number of carbonyl (C=O) groups is 1. The van der Waals surface area contributed by atoms with Gasteiger partial charge in [-0.15, -0.1) is 0 Å². The molecule has 2 heterocycles. The third-order valence-electron chi connectivity index (χ3n) is 3.77. The van der Waals surface area contributed by atoms with Crippen molar-refractivity contribution in [2.24, 2.45) is 0 Å². The third kappa shape index (κ3) is 1.77. The van der Waals surface area contributed by atoms with Gasteiger partial charge in [-0.25, -0.2) is 0 Å². The van der Waals surface area contributed by atoms with Gasteiger partial charge in [-0.05, 0) is 36.4 Å². The molecule has 0 amide bonds. The van der Waals surface area contributed by atoms with Crippen molar-refractivity contribution in [1.82, 2.24) is 0 Å². The van der Waals surface area contributed by atoms with E-state index in [0.717, 1.165) is 10.0 Å². The molecule has 1 atom stereocenters. The lowest BCUT2D eigenvalue weighted by Crippen LogP contribution is -2.44. The lowest BCUT2D eigenvalue weighted by atomic mass is 10.0. The maximum atomic E-state index is 12.7. The number of carbonyl (C=O) groups excluding carboxylic acids is 1. The number of Topliss-reactive ketones (excluding diaryl/α,β-unsaturated/α-hetero) is 1. The average Bonchev–Trinajstić information content (AvgIpc) is 2.97. The summed E-state index contributed by atoms with van der Waals surface area (Å²) in [5.74, 6) is 0.418. The Morgan fingerprint density at radius 3 is 2.71 bits per heavy atom. The Labute approximate surface area is 129 Å². The fourth-order valence-electron chi connectivity index (χ4n) is 2.77. The fraction of sp³-hybridized carbons (Fsp3) is 0.188. The number of methoxy groups -OCH3 is 1. The van der Waals surface area contributed by atoms with E-state index in [1.165, 1.54) is 0 Å². The number of hydrogen-bond donors (Lipinski definition) is 0.